The lowest BCUT2D eigenvalue weighted by Crippen LogP contribution is -2.29. The molecule has 1 aliphatic heterocycles. The summed E-state index contributed by atoms with van der Waals surface area (Å²) in [5, 5.41) is 4.11. The van der Waals surface area contributed by atoms with Crippen LogP contribution in [-0.2, 0) is 16.1 Å². The maximum absolute atomic E-state index is 6.04. The molecule has 1 unspecified atom stereocenters. The molecule has 0 bridgehead atoms. The highest BCUT2D eigenvalue weighted by Crippen LogP contribution is 2.15. The zero-order chi connectivity index (χ0) is 12.6. The SMILES string of the molecule is Clc1ccccc1COCCNCC1CCCO1. The largest absolute Gasteiger partial charge is 0.377 e. The van der Waals surface area contributed by atoms with E-state index in [4.69, 9.17) is 21.1 Å². The number of hydrogen-bond acceptors (Lipinski definition) is 3. The van der Waals surface area contributed by atoms with Crippen LogP contribution in [0.15, 0.2) is 24.3 Å². The van der Waals surface area contributed by atoms with Crippen LogP contribution in [-0.4, -0.2) is 32.4 Å². The van der Waals surface area contributed by atoms with Gasteiger partial charge < -0.3 is 14.8 Å². The molecule has 1 heterocycles. The molecule has 1 N–H and O–H groups in total. The van der Waals surface area contributed by atoms with Crippen molar-refractivity contribution in [2.75, 3.05) is 26.3 Å². The molecule has 1 aliphatic rings. The second-order valence-electron chi connectivity index (χ2n) is 4.48. The summed E-state index contributed by atoms with van der Waals surface area (Å²) in [4.78, 5) is 0. The molecule has 1 saturated heterocycles. The number of halogens is 1. The molecule has 3 nitrogen and oxygen atoms in total. The lowest BCUT2D eigenvalue weighted by atomic mass is 10.2. The Morgan fingerprint density at radius 2 is 2.28 bits per heavy atom. The number of nitrogens with one attached hydrogen (secondary N) is 1. The third-order valence-corrected chi connectivity index (χ3v) is 3.40. The van der Waals surface area contributed by atoms with E-state index in [0.29, 0.717) is 19.3 Å². The molecule has 18 heavy (non-hydrogen) atoms. The van der Waals surface area contributed by atoms with Gasteiger partial charge in [-0.25, -0.2) is 0 Å². The van der Waals surface area contributed by atoms with Crippen LogP contribution >= 0.6 is 11.6 Å². The molecule has 0 amide bonds. The van der Waals surface area contributed by atoms with Crippen LogP contribution in [0.3, 0.4) is 0 Å². The van der Waals surface area contributed by atoms with E-state index in [2.05, 4.69) is 5.32 Å². The topological polar surface area (TPSA) is 30.5 Å². The molecular formula is C14H20ClNO2. The monoisotopic (exact) mass is 269 g/mol. The Morgan fingerprint density at radius 3 is 3.06 bits per heavy atom. The molecule has 2 rings (SSSR count). The summed E-state index contributed by atoms with van der Waals surface area (Å²) in [6.07, 6.45) is 2.76. The molecular weight excluding hydrogens is 250 g/mol. The lowest BCUT2D eigenvalue weighted by Gasteiger charge is -2.11. The van der Waals surface area contributed by atoms with Gasteiger partial charge in [0.1, 0.15) is 0 Å². The maximum Gasteiger partial charge on any atom is 0.0731 e. The van der Waals surface area contributed by atoms with Crippen molar-refractivity contribution in [2.45, 2.75) is 25.6 Å². The van der Waals surface area contributed by atoms with E-state index >= 15 is 0 Å². The molecule has 0 saturated carbocycles. The number of ether oxygens (including phenoxy) is 2. The van der Waals surface area contributed by atoms with E-state index in [-0.39, 0.29) is 0 Å². The smallest absolute Gasteiger partial charge is 0.0731 e. The fraction of sp³-hybridized carbons (Fsp3) is 0.571. The summed E-state index contributed by atoms with van der Waals surface area (Å²) < 4.78 is 11.1. The van der Waals surface area contributed by atoms with Crippen molar-refractivity contribution in [3.8, 4) is 0 Å². The van der Waals surface area contributed by atoms with Crippen molar-refractivity contribution in [1.29, 1.82) is 0 Å². The molecule has 0 spiro atoms. The molecule has 0 aliphatic carbocycles. The van der Waals surface area contributed by atoms with Gasteiger partial charge in [-0.05, 0) is 24.5 Å². The average Bonchev–Trinajstić information content (AvgIpc) is 2.89. The fourth-order valence-corrected chi connectivity index (χ4v) is 2.20. The van der Waals surface area contributed by atoms with Crippen LogP contribution < -0.4 is 5.32 Å². The summed E-state index contributed by atoms with van der Waals surface area (Å²) in [6.45, 7) is 3.95. The molecule has 0 aromatic heterocycles. The highest BCUT2D eigenvalue weighted by molar-refractivity contribution is 6.31. The van der Waals surface area contributed by atoms with Crippen LogP contribution in [0.25, 0.3) is 0 Å². The van der Waals surface area contributed by atoms with E-state index in [0.717, 1.165) is 30.3 Å². The molecule has 4 heteroatoms. The molecule has 0 radical (unpaired) electrons. The van der Waals surface area contributed by atoms with Crippen LogP contribution in [0.2, 0.25) is 5.02 Å². The van der Waals surface area contributed by atoms with E-state index < -0.39 is 0 Å². The highest BCUT2D eigenvalue weighted by Gasteiger charge is 2.14. The lowest BCUT2D eigenvalue weighted by molar-refractivity contribution is 0.0986. The van der Waals surface area contributed by atoms with Crippen molar-refractivity contribution in [2.24, 2.45) is 0 Å². The standard InChI is InChI=1S/C14H20ClNO2/c15-14-6-2-1-4-12(14)11-17-9-7-16-10-13-5-3-8-18-13/h1-2,4,6,13,16H,3,5,7-11H2. The second-order valence-corrected chi connectivity index (χ2v) is 4.89. The molecule has 1 aromatic carbocycles. The van der Waals surface area contributed by atoms with Gasteiger partial charge >= 0.3 is 0 Å². The summed E-state index contributed by atoms with van der Waals surface area (Å²) in [6, 6.07) is 7.77. The predicted molar refractivity (Wildman–Crippen MR) is 73.0 cm³/mol. The Balaban J connectivity index is 1.52. The van der Waals surface area contributed by atoms with Gasteiger partial charge in [0.15, 0.2) is 0 Å². The highest BCUT2D eigenvalue weighted by atomic mass is 35.5. The molecule has 1 atom stereocenters. The van der Waals surface area contributed by atoms with E-state index in [9.17, 15) is 0 Å². The quantitative estimate of drug-likeness (QED) is 0.772. The van der Waals surface area contributed by atoms with Crippen molar-refractivity contribution in [3.63, 3.8) is 0 Å². The summed E-state index contributed by atoms with van der Waals surface area (Å²) >= 11 is 6.04. The van der Waals surface area contributed by atoms with Gasteiger partial charge in [-0.1, -0.05) is 29.8 Å². The zero-order valence-electron chi connectivity index (χ0n) is 10.5. The third-order valence-electron chi connectivity index (χ3n) is 3.03. The minimum atomic E-state index is 0.397. The minimum absolute atomic E-state index is 0.397. The number of rotatable bonds is 7. The van der Waals surface area contributed by atoms with Gasteiger partial charge in [0.25, 0.3) is 0 Å². The normalized spacial score (nSPS) is 19.3. The minimum Gasteiger partial charge on any atom is -0.377 e. The fourth-order valence-electron chi connectivity index (χ4n) is 2.01. The van der Waals surface area contributed by atoms with E-state index in [1.165, 1.54) is 12.8 Å². The van der Waals surface area contributed by atoms with Crippen molar-refractivity contribution < 1.29 is 9.47 Å². The zero-order valence-corrected chi connectivity index (χ0v) is 11.3. The Morgan fingerprint density at radius 1 is 1.39 bits per heavy atom. The first kappa shape index (κ1) is 13.8. The van der Waals surface area contributed by atoms with Crippen molar-refractivity contribution >= 4 is 11.6 Å². The van der Waals surface area contributed by atoms with Gasteiger partial charge in [-0.15, -0.1) is 0 Å². The first-order valence-electron chi connectivity index (χ1n) is 6.50. The summed E-state index contributed by atoms with van der Waals surface area (Å²) in [5.41, 5.74) is 1.04. The molecule has 1 aromatic rings. The van der Waals surface area contributed by atoms with Gasteiger partial charge in [0, 0.05) is 24.7 Å². The first-order valence-corrected chi connectivity index (χ1v) is 6.87. The average molecular weight is 270 g/mol. The van der Waals surface area contributed by atoms with Crippen molar-refractivity contribution in [3.05, 3.63) is 34.9 Å². The van der Waals surface area contributed by atoms with Crippen LogP contribution in [0.4, 0.5) is 0 Å². The molecule has 100 valence electrons. The number of benzene rings is 1. The van der Waals surface area contributed by atoms with E-state index in [1.807, 2.05) is 24.3 Å². The van der Waals surface area contributed by atoms with Crippen LogP contribution in [0, 0.1) is 0 Å². The Labute approximate surface area is 113 Å². The number of hydrogen-bond donors (Lipinski definition) is 1. The van der Waals surface area contributed by atoms with Gasteiger partial charge in [-0.2, -0.15) is 0 Å². The summed E-state index contributed by atoms with van der Waals surface area (Å²) in [7, 11) is 0. The van der Waals surface area contributed by atoms with Crippen LogP contribution in [0.5, 0.6) is 0 Å². The summed E-state index contributed by atoms with van der Waals surface area (Å²) in [5.74, 6) is 0. The Bertz CT molecular complexity index is 353. The Kier molecular flexibility index (Phi) is 5.94. The van der Waals surface area contributed by atoms with Crippen molar-refractivity contribution in [1.82, 2.24) is 5.32 Å². The van der Waals surface area contributed by atoms with Crippen LogP contribution in [0.1, 0.15) is 18.4 Å². The predicted octanol–water partition coefficient (Wildman–Crippen LogP) is 2.63. The third kappa shape index (κ3) is 4.58. The Hall–Kier alpha value is -0.610. The van der Waals surface area contributed by atoms with Gasteiger partial charge in [0.2, 0.25) is 0 Å². The van der Waals surface area contributed by atoms with Gasteiger partial charge in [-0.3, -0.25) is 0 Å². The first-order chi connectivity index (χ1) is 8.86. The second kappa shape index (κ2) is 7.74. The van der Waals surface area contributed by atoms with Gasteiger partial charge in [0.05, 0.1) is 19.3 Å². The molecule has 1 fully saturated rings. The maximum atomic E-state index is 6.04. The van der Waals surface area contributed by atoms with E-state index in [1.54, 1.807) is 0 Å².